The lowest BCUT2D eigenvalue weighted by molar-refractivity contribution is 0.626. The van der Waals surface area contributed by atoms with E-state index < -0.39 is 5.66 Å². The van der Waals surface area contributed by atoms with Gasteiger partial charge in [-0.3, -0.25) is 5.73 Å². The van der Waals surface area contributed by atoms with Crippen molar-refractivity contribution in [3.63, 3.8) is 0 Å². The second-order valence-electron chi connectivity index (χ2n) is 4.03. The third-order valence-electron chi connectivity index (χ3n) is 2.59. The number of aryl methyl sites for hydroxylation is 3. The molecule has 2 N–H and O–H groups in total. The van der Waals surface area contributed by atoms with Gasteiger partial charge in [-0.25, -0.2) is 0 Å². The van der Waals surface area contributed by atoms with Crippen molar-refractivity contribution in [1.82, 2.24) is 0 Å². The van der Waals surface area contributed by atoms with Crippen LogP contribution < -0.4 is 5.73 Å². The predicted molar refractivity (Wildman–Crippen MR) is 59.9 cm³/mol. The van der Waals surface area contributed by atoms with Gasteiger partial charge < -0.3 is 0 Å². The van der Waals surface area contributed by atoms with Gasteiger partial charge in [0.25, 0.3) is 0 Å². The van der Waals surface area contributed by atoms with Crippen molar-refractivity contribution in [3.8, 4) is 0 Å². The molecule has 4 heteroatoms. The van der Waals surface area contributed by atoms with Crippen molar-refractivity contribution in [2.24, 2.45) is 21.2 Å². The standard InChI is InChI=1S/C11H14N4/c1-7-4-8(2)10(9(3)5-7)11(12)6-13-15-14-11/h4-6H,12H2,1-3H3. The maximum Gasteiger partial charge on any atom is 0.195 e. The minimum absolute atomic E-state index is 0.873. The van der Waals surface area contributed by atoms with E-state index in [2.05, 4.69) is 34.5 Å². The molecule has 0 radical (unpaired) electrons. The molecule has 4 nitrogen and oxygen atoms in total. The molecule has 0 aromatic heterocycles. The van der Waals surface area contributed by atoms with Gasteiger partial charge in [0.1, 0.15) is 0 Å². The average molecular weight is 202 g/mol. The Kier molecular flexibility index (Phi) is 2.16. The van der Waals surface area contributed by atoms with Crippen LogP contribution in [-0.4, -0.2) is 6.21 Å². The molecule has 1 aliphatic heterocycles. The fourth-order valence-corrected chi connectivity index (χ4v) is 2.17. The first kappa shape index (κ1) is 9.98. The van der Waals surface area contributed by atoms with E-state index in [9.17, 15) is 0 Å². The molecule has 0 saturated carbocycles. The Bertz CT molecular complexity index is 425. The van der Waals surface area contributed by atoms with E-state index in [0.29, 0.717) is 0 Å². The summed E-state index contributed by atoms with van der Waals surface area (Å²) >= 11 is 0. The molecule has 0 fully saturated rings. The zero-order chi connectivity index (χ0) is 11.1. The summed E-state index contributed by atoms with van der Waals surface area (Å²) in [4.78, 5) is 0. The Balaban J connectivity index is 2.63. The zero-order valence-corrected chi connectivity index (χ0v) is 9.15. The lowest BCUT2D eigenvalue weighted by Crippen LogP contribution is -2.36. The van der Waals surface area contributed by atoms with Crippen molar-refractivity contribution in [2.45, 2.75) is 26.4 Å². The van der Waals surface area contributed by atoms with Gasteiger partial charge in [0.2, 0.25) is 0 Å². The molecule has 1 atom stereocenters. The molecule has 78 valence electrons. The quantitative estimate of drug-likeness (QED) is 0.745. The second kappa shape index (κ2) is 3.24. The summed E-state index contributed by atoms with van der Waals surface area (Å²) < 4.78 is 0. The second-order valence-corrected chi connectivity index (χ2v) is 4.03. The molecular formula is C11H14N4. The number of nitrogens with two attached hydrogens (primary N) is 1. The molecule has 15 heavy (non-hydrogen) atoms. The van der Waals surface area contributed by atoms with Crippen molar-refractivity contribution in [3.05, 3.63) is 34.4 Å². The minimum Gasteiger partial charge on any atom is -0.297 e. The van der Waals surface area contributed by atoms with E-state index in [4.69, 9.17) is 5.73 Å². The van der Waals surface area contributed by atoms with Crippen LogP contribution in [0.3, 0.4) is 0 Å². The van der Waals surface area contributed by atoms with Crippen molar-refractivity contribution >= 4 is 6.21 Å². The SMILES string of the molecule is Cc1cc(C)c(C2(N)C=NN=N2)c(C)c1. The molecule has 0 amide bonds. The zero-order valence-electron chi connectivity index (χ0n) is 9.15. The summed E-state index contributed by atoms with van der Waals surface area (Å²) in [6.45, 7) is 6.13. The van der Waals surface area contributed by atoms with E-state index in [1.165, 1.54) is 5.56 Å². The van der Waals surface area contributed by atoms with Gasteiger partial charge in [0, 0.05) is 5.56 Å². The van der Waals surface area contributed by atoms with Gasteiger partial charge in [0.05, 0.1) is 6.21 Å². The number of rotatable bonds is 1. The first-order valence-electron chi connectivity index (χ1n) is 4.86. The molecule has 0 aliphatic carbocycles. The highest BCUT2D eigenvalue weighted by Gasteiger charge is 2.31. The summed E-state index contributed by atoms with van der Waals surface area (Å²) in [7, 11) is 0. The van der Waals surface area contributed by atoms with Crippen molar-refractivity contribution in [1.29, 1.82) is 0 Å². The Labute approximate surface area is 88.9 Å². The van der Waals surface area contributed by atoms with Gasteiger partial charge in [-0.1, -0.05) is 17.7 Å². The van der Waals surface area contributed by atoms with Gasteiger partial charge in [0.15, 0.2) is 5.66 Å². The van der Waals surface area contributed by atoms with Crippen LogP contribution in [0.2, 0.25) is 0 Å². The molecule has 1 aromatic carbocycles. The molecule has 1 aliphatic rings. The molecule has 2 rings (SSSR count). The van der Waals surface area contributed by atoms with Gasteiger partial charge in [-0.2, -0.15) is 0 Å². The normalized spacial score (nSPS) is 23.7. The Hall–Kier alpha value is -1.55. The maximum atomic E-state index is 6.12. The monoisotopic (exact) mass is 202 g/mol. The van der Waals surface area contributed by atoms with Crippen LogP contribution in [0.1, 0.15) is 22.3 Å². The number of hydrogen-bond acceptors (Lipinski definition) is 4. The summed E-state index contributed by atoms with van der Waals surface area (Å²) in [5.41, 5.74) is 9.73. The van der Waals surface area contributed by atoms with Crippen LogP contribution in [0.15, 0.2) is 27.6 Å². The van der Waals surface area contributed by atoms with Gasteiger partial charge in [-0.15, -0.1) is 10.2 Å². The number of hydrogen-bond donors (Lipinski definition) is 1. The summed E-state index contributed by atoms with van der Waals surface area (Å²) in [6, 6.07) is 4.19. The molecule has 0 saturated heterocycles. The number of nitrogens with zero attached hydrogens (tertiary/aromatic N) is 3. The van der Waals surface area contributed by atoms with Crippen molar-refractivity contribution in [2.75, 3.05) is 0 Å². The van der Waals surface area contributed by atoms with Crippen LogP contribution >= 0.6 is 0 Å². The predicted octanol–water partition coefficient (Wildman–Crippen LogP) is 2.17. The van der Waals surface area contributed by atoms with Crippen LogP contribution in [0.4, 0.5) is 0 Å². The van der Waals surface area contributed by atoms with Crippen LogP contribution in [0.25, 0.3) is 0 Å². The van der Waals surface area contributed by atoms with Gasteiger partial charge in [-0.05, 0) is 37.1 Å². The van der Waals surface area contributed by atoms with Gasteiger partial charge >= 0.3 is 0 Å². The van der Waals surface area contributed by atoms with E-state index in [1.54, 1.807) is 6.21 Å². The minimum atomic E-state index is -0.873. The first-order valence-corrected chi connectivity index (χ1v) is 4.86. The highest BCUT2D eigenvalue weighted by Crippen LogP contribution is 2.29. The molecular weight excluding hydrogens is 188 g/mol. The lowest BCUT2D eigenvalue weighted by Gasteiger charge is -2.21. The van der Waals surface area contributed by atoms with Crippen LogP contribution in [0, 0.1) is 20.8 Å². The highest BCUT2D eigenvalue weighted by molar-refractivity contribution is 5.74. The Morgan fingerprint density at radius 2 is 1.73 bits per heavy atom. The lowest BCUT2D eigenvalue weighted by atomic mass is 9.91. The summed E-state index contributed by atoms with van der Waals surface area (Å²) in [6.07, 6.45) is 1.58. The largest absolute Gasteiger partial charge is 0.297 e. The van der Waals surface area contributed by atoms with Crippen LogP contribution in [-0.2, 0) is 5.66 Å². The first-order chi connectivity index (χ1) is 7.03. The molecule has 1 heterocycles. The van der Waals surface area contributed by atoms with E-state index in [1.807, 2.05) is 13.8 Å². The average Bonchev–Trinajstić information content (AvgIpc) is 2.50. The molecule has 1 aromatic rings. The smallest absolute Gasteiger partial charge is 0.195 e. The van der Waals surface area contributed by atoms with E-state index in [0.717, 1.165) is 16.7 Å². The summed E-state index contributed by atoms with van der Waals surface area (Å²) in [5.74, 6) is 0. The third kappa shape index (κ3) is 1.57. The fraction of sp³-hybridized carbons (Fsp3) is 0.364. The molecule has 0 spiro atoms. The molecule has 1 unspecified atom stereocenters. The maximum absolute atomic E-state index is 6.12. The third-order valence-corrected chi connectivity index (χ3v) is 2.59. The topological polar surface area (TPSA) is 63.1 Å². The molecule has 0 bridgehead atoms. The fourth-order valence-electron chi connectivity index (χ4n) is 2.17. The number of benzene rings is 1. The summed E-state index contributed by atoms with van der Waals surface area (Å²) in [5, 5.41) is 11.3. The Morgan fingerprint density at radius 1 is 1.13 bits per heavy atom. The van der Waals surface area contributed by atoms with Crippen molar-refractivity contribution < 1.29 is 0 Å². The highest BCUT2D eigenvalue weighted by atomic mass is 15.4. The van der Waals surface area contributed by atoms with E-state index >= 15 is 0 Å². The van der Waals surface area contributed by atoms with E-state index in [-0.39, 0.29) is 0 Å². The Morgan fingerprint density at radius 3 is 2.20 bits per heavy atom. The van der Waals surface area contributed by atoms with Crippen LogP contribution in [0.5, 0.6) is 0 Å².